The van der Waals surface area contributed by atoms with Gasteiger partial charge in [0.05, 0.1) is 11.1 Å². The van der Waals surface area contributed by atoms with Crippen LogP contribution in [0.4, 0.5) is 17.1 Å². The molecule has 1 atom stereocenters. The molecule has 0 saturated heterocycles. The van der Waals surface area contributed by atoms with E-state index in [-0.39, 0.29) is 11.6 Å². The number of nitro benzene ring substituents is 1. The molecule has 2 rings (SSSR count). The van der Waals surface area contributed by atoms with Crippen molar-refractivity contribution in [3.05, 3.63) is 64.2 Å². The van der Waals surface area contributed by atoms with Crippen LogP contribution in [0.25, 0.3) is 0 Å². The summed E-state index contributed by atoms with van der Waals surface area (Å²) < 4.78 is 0. The molecule has 140 valence electrons. The van der Waals surface area contributed by atoms with Crippen LogP contribution in [-0.4, -0.2) is 29.1 Å². The summed E-state index contributed by atoms with van der Waals surface area (Å²) in [5, 5.41) is 19.7. The van der Waals surface area contributed by atoms with E-state index in [0.717, 1.165) is 0 Å². The molecule has 0 bridgehead atoms. The van der Waals surface area contributed by atoms with Crippen LogP contribution in [0.15, 0.2) is 53.7 Å². The van der Waals surface area contributed by atoms with Gasteiger partial charge in [0.2, 0.25) is 12.0 Å². The van der Waals surface area contributed by atoms with E-state index in [2.05, 4.69) is 15.8 Å². The lowest BCUT2D eigenvalue weighted by molar-refractivity contribution is -0.384. The molecule has 0 aliphatic rings. The molecule has 2 N–H and O–H groups in total. The monoisotopic (exact) mass is 370 g/mol. The third kappa shape index (κ3) is 6.24. The molecule has 0 aliphatic carbocycles. The topological polar surface area (TPSA) is 123 Å². The Morgan fingerprint density at radius 3 is 2.37 bits per heavy atom. The average Bonchev–Trinajstić information content (AvgIpc) is 2.63. The van der Waals surface area contributed by atoms with Crippen molar-refractivity contribution in [1.82, 2.24) is 0 Å². The molecule has 9 nitrogen and oxygen atoms in total. The fourth-order valence-electron chi connectivity index (χ4n) is 2.03. The quantitative estimate of drug-likeness (QED) is 0.441. The Balaban J connectivity index is 1.89. The lowest BCUT2D eigenvalue weighted by Crippen LogP contribution is -2.26. The first kappa shape index (κ1) is 19.6. The summed E-state index contributed by atoms with van der Waals surface area (Å²) in [6.45, 7) is 2.93. The minimum atomic E-state index is -0.880. The van der Waals surface area contributed by atoms with E-state index in [1.54, 1.807) is 30.3 Å². The van der Waals surface area contributed by atoms with Gasteiger partial charge in [0.1, 0.15) is 0 Å². The first-order valence-electron chi connectivity index (χ1n) is 7.97. The van der Waals surface area contributed by atoms with Crippen molar-refractivity contribution in [3.63, 3.8) is 0 Å². The zero-order valence-electron chi connectivity index (χ0n) is 14.7. The molecule has 2 aromatic carbocycles. The molecule has 0 radical (unpaired) electrons. The summed E-state index contributed by atoms with van der Waals surface area (Å²) in [6.07, 6.45) is 0.411. The SMILES string of the molecule is CC(=O)Nc1ccc(NC(=O)C(C)O/N=C/c2cccc([N+](=O)[O-])c2)cc1. The van der Waals surface area contributed by atoms with Gasteiger partial charge in [0.25, 0.3) is 11.6 Å². The fourth-order valence-corrected chi connectivity index (χ4v) is 2.03. The van der Waals surface area contributed by atoms with Crippen molar-refractivity contribution in [1.29, 1.82) is 0 Å². The molecule has 0 fully saturated rings. The van der Waals surface area contributed by atoms with Crippen molar-refractivity contribution in [3.8, 4) is 0 Å². The van der Waals surface area contributed by atoms with Crippen molar-refractivity contribution in [2.75, 3.05) is 10.6 Å². The van der Waals surface area contributed by atoms with Gasteiger partial charge < -0.3 is 15.5 Å². The van der Waals surface area contributed by atoms with Crippen LogP contribution >= 0.6 is 0 Å². The van der Waals surface area contributed by atoms with Crippen molar-refractivity contribution in [2.24, 2.45) is 5.16 Å². The molecule has 2 aromatic rings. The number of nitro groups is 1. The van der Waals surface area contributed by atoms with Gasteiger partial charge in [-0.1, -0.05) is 17.3 Å². The number of anilines is 2. The smallest absolute Gasteiger partial charge is 0.270 e. The van der Waals surface area contributed by atoms with E-state index in [9.17, 15) is 19.7 Å². The van der Waals surface area contributed by atoms with Crippen LogP contribution in [0.5, 0.6) is 0 Å². The third-order valence-corrected chi connectivity index (χ3v) is 3.34. The van der Waals surface area contributed by atoms with Gasteiger partial charge in [0.15, 0.2) is 0 Å². The highest BCUT2D eigenvalue weighted by Gasteiger charge is 2.14. The van der Waals surface area contributed by atoms with Crippen molar-refractivity contribution in [2.45, 2.75) is 20.0 Å². The zero-order valence-corrected chi connectivity index (χ0v) is 14.7. The summed E-state index contributed by atoms with van der Waals surface area (Å²) >= 11 is 0. The van der Waals surface area contributed by atoms with Gasteiger partial charge in [-0.05, 0) is 31.2 Å². The lowest BCUT2D eigenvalue weighted by atomic mass is 10.2. The van der Waals surface area contributed by atoms with E-state index in [1.807, 2.05) is 0 Å². The van der Waals surface area contributed by atoms with Crippen LogP contribution in [0.2, 0.25) is 0 Å². The predicted molar refractivity (Wildman–Crippen MR) is 101 cm³/mol. The predicted octanol–water partition coefficient (Wildman–Crippen LogP) is 2.93. The van der Waals surface area contributed by atoms with Gasteiger partial charge in [-0.3, -0.25) is 19.7 Å². The number of carbonyl (C=O) groups excluding carboxylic acids is 2. The molecular weight excluding hydrogens is 352 g/mol. The van der Waals surface area contributed by atoms with Gasteiger partial charge in [0, 0.05) is 36.0 Å². The largest absolute Gasteiger partial charge is 0.383 e. The van der Waals surface area contributed by atoms with E-state index >= 15 is 0 Å². The number of rotatable bonds is 7. The second kappa shape index (κ2) is 9.09. The minimum absolute atomic E-state index is 0.0625. The lowest BCUT2D eigenvalue weighted by Gasteiger charge is -2.11. The number of non-ortho nitro benzene ring substituents is 1. The standard InChI is InChI=1S/C18H18N4O5/c1-12(27-19-11-14-4-3-5-17(10-14)22(25)26)18(24)21-16-8-6-15(7-9-16)20-13(2)23/h3-12H,1-2H3,(H,20,23)(H,21,24)/b19-11+. The molecule has 9 heteroatoms. The summed E-state index contributed by atoms with van der Waals surface area (Å²) in [5.74, 6) is -0.603. The van der Waals surface area contributed by atoms with Crippen LogP contribution in [0.3, 0.4) is 0 Å². The molecular formula is C18H18N4O5. The maximum absolute atomic E-state index is 12.1. The number of hydrogen-bond acceptors (Lipinski definition) is 6. The fraction of sp³-hybridized carbons (Fsp3) is 0.167. The molecule has 0 aliphatic heterocycles. The summed E-state index contributed by atoms with van der Waals surface area (Å²) in [4.78, 5) is 38.4. The third-order valence-electron chi connectivity index (χ3n) is 3.34. The van der Waals surface area contributed by atoms with Crippen LogP contribution in [0, 0.1) is 10.1 Å². The molecule has 0 heterocycles. The highest BCUT2D eigenvalue weighted by molar-refractivity contribution is 5.94. The van der Waals surface area contributed by atoms with Crippen molar-refractivity contribution < 1.29 is 19.3 Å². The van der Waals surface area contributed by atoms with Crippen molar-refractivity contribution >= 4 is 35.1 Å². The van der Waals surface area contributed by atoms with E-state index in [0.29, 0.717) is 16.9 Å². The number of benzene rings is 2. The highest BCUT2D eigenvalue weighted by Crippen LogP contribution is 2.14. The normalized spacial score (nSPS) is 11.6. The molecule has 0 saturated carbocycles. The Kier molecular flexibility index (Phi) is 6.59. The second-order valence-corrected chi connectivity index (χ2v) is 5.58. The second-order valence-electron chi connectivity index (χ2n) is 5.58. The molecule has 1 unspecified atom stereocenters. The van der Waals surface area contributed by atoms with Gasteiger partial charge >= 0.3 is 0 Å². The van der Waals surface area contributed by atoms with Gasteiger partial charge in [-0.15, -0.1) is 0 Å². The number of oxime groups is 1. The average molecular weight is 370 g/mol. The number of hydrogen-bond donors (Lipinski definition) is 2. The Bertz CT molecular complexity index is 864. The van der Waals surface area contributed by atoms with E-state index < -0.39 is 16.9 Å². The Labute approximate surface area is 155 Å². The molecule has 27 heavy (non-hydrogen) atoms. The summed E-state index contributed by atoms with van der Waals surface area (Å²) in [5.41, 5.74) is 1.57. The Morgan fingerprint density at radius 1 is 1.15 bits per heavy atom. The Hall–Kier alpha value is -3.75. The van der Waals surface area contributed by atoms with Crippen LogP contribution in [-0.2, 0) is 14.4 Å². The van der Waals surface area contributed by atoms with E-state index in [4.69, 9.17) is 4.84 Å². The first-order valence-corrected chi connectivity index (χ1v) is 7.97. The first-order chi connectivity index (χ1) is 12.8. The highest BCUT2D eigenvalue weighted by atomic mass is 16.6. The molecule has 2 amide bonds. The van der Waals surface area contributed by atoms with Crippen LogP contribution < -0.4 is 10.6 Å². The molecule has 0 aromatic heterocycles. The van der Waals surface area contributed by atoms with Gasteiger partial charge in [-0.25, -0.2) is 0 Å². The molecule has 0 spiro atoms. The van der Waals surface area contributed by atoms with E-state index in [1.165, 1.54) is 38.3 Å². The number of nitrogens with one attached hydrogen (secondary N) is 2. The minimum Gasteiger partial charge on any atom is -0.383 e. The number of amides is 2. The zero-order chi connectivity index (χ0) is 19.8. The maximum atomic E-state index is 12.1. The number of carbonyl (C=O) groups is 2. The number of nitrogens with zero attached hydrogens (tertiary/aromatic N) is 2. The van der Waals surface area contributed by atoms with Gasteiger partial charge in [-0.2, -0.15) is 0 Å². The summed E-state index contributed by atoms with van der Waals surface area (Å²) in [6, 6.07) is 12.5. The summed E-state index contributed by atoms with van der Waals surface area (Å²) in [7, 11) is 0. The van der Waals surface area contributed by atoms with Crippen LogP contribution in [0.1, 0.15) is 19.4 Å². The Morgan fingerprint density at radius 2 is 1.78 bits per heavy atom. The maximum Gasteiger partial charge on any atom is 0.270 e.